The van der Waals surface area contributed by atoms with Crippen LogP contribution in [-0.4, -0.2) is 56.2 Å². The minimum absolute atomic E-state index is 0.277. The van der Waals surface area contributed by atoms with Crippen LogP contribution in [0.5, 0.6) is 0 Å². The van der Waals surface area contributed by atoms with Crippen LogP contribution in [0.25, 0.3) is 0 Å². The fourth-order valence-electron chi connectivity index (χ4n) is 1.91. The Hall–Kier alpha value is -1.37. The zero-order valence-electron chi connectivity index (χ0n) is 10.8. The molecule has 2 rings (SSSR count). The van der Waals surface area contributed by atoms with Crippen molar-refractivity contribution in [2.24, 2.45) is 0 Å². The van der Waals surface area contributed by atoms with Crippen LogP contribution in [0.1, 0.15) is 16.1 Å². The van der Waals surface area contributed by atoms with E-state index in [9.17, 15) is 4.79 Å². The molecule has 1 fully saturated rings. The Balaban J connectivity index is 1.87. The van der Waals surface area contributed by atoms with Gasteiger partial charge in [0, 0.05) is 38.3 Å². The van der Waals surface area contributed by atoms with Crippen LogP contribution in [-0.2, 0) is 11.3 Å². The molecule has 0 amide bonds. The number of esters is 1. The molecule has 1 saturated heterocycles. The SMILES string of the molecule is COC(=O)c1occc1CNN1CCN(C)CC1. The summed E-state index contributed by atoms with van der Waals surface area (Å²) in [6.07, 6.45) is 1.51. The third-order valence-electron chi connectivity index (χ3n) is 3.11. The fraction of sp³-hybridized carbons (Fsp3) is 0.583. The van der Waals surface area contributed by atoms with Crippen molar-refractivity contribution in [3.8, 4) is 0 Å². The molecule has 1 aliphatic rings. The van der Waals surface area contributed by atoms with Gasteiger partial charge in [0.2, 0.25) is 5.76 Å². The Bertz CT molecular complexity index is 397. The number of likely N-dealkylation sites (N-methyl/N-ethyl adjacent to an activating group) is 1. The first kappa shape index (κ1) is 13.1. The molecule has 6 nitrogen and oxygen atoms in total. The number of carbonyl (C=O) groups is 1. The predicted octanol–water partition coefficient (Wildman–Crippen LogP) is 0.318. The summed E-state index contributed by atoms with van der Waals surface area (Å²) in [5.74, 6) is -0.158. The van der Waals surface area contributed by atoms with Gasteiger partial charge >= 0.3 is 5.97 Å². The molecular formula is C12H19N3O3. The van der Waals surface area contributed by atoms with Crippen LogP contribution in [0, 0.1) is 0 Å². The van der Waals surface area contributed by atoms with Crippen molar-refractivity contribution in [3.63, 3.8) is 0 Å². The minimum atomic E-state index is -0.435. The van der Waals surface area contributed by atoms with E-state index in [1.54, 1.807) is 6.07 Å². The molecular weight excluding hydrogens is 234 g/mol. The number of nitrogens with zero attached hydrogens (tertiary/aromatic N) is 2. The van der Waals surface area contributed by atoms with Crippen LogP contribution in [0.2, 0.25) is 0 Å². The molecule has 1 aromatic heterocycles. The van der Waals surface area contributed by atoms with Crippen molar-refractivity contribution in [2.75, 3.05) is 40.3 Å². The van der Waals surface area contributed by atoms with Gasteiger partial charge in [0.15, 0.2) is 0 Å². The molecule has 1 N–H and O–H groups in total. The molecule has 1 aromatic rings. The second-order valence-electron chi connectivity index (χ2n) is 4.39. The lowest BCUT2D eigenvalue weighted by Crippen LogP contribution is -2.50. The molecule has 2 heterocycles. The maximum atomic E-state index is 11.4. The van der Waals surface area contributed by atoms with E-state index in [4.69, 9.17) is 4.42 Å². The molecule has 0 spiro atoms. The van der Waals surface area contributed by atoms with Crippen molar-refractivity contribution in [3.05, 3.63) is 23.7 Å². The molecule has 0 atom stereocenters. The van der Waals surface area contributed by atoms with E-state index in [2.05, 4.69) is 27.1 Å². The average Bonchev–Trinajstić information content (AvgIpc) is 2.85. The molecule has 0 bridgehead atoms. The molecule has 0 radical (unpaired) electrons. The van der Waals surface area contributed by atoms with Gasteiger partial charge in [-0.05, 0) is 13.1 Å². The summed E-state index contributed by atoms with van der Waals surface area (Å²) in [5.41, 5.74) is 4.12. The van der Waals surface area contributed by atoms with Gasteiger partial charge in [-0.25, -0.2) is 9.80 Å². The maximum Gasteiger partial charge on any atom is 0.374 e. The van der Waals surface area contributed by atoms with E-state index in [-0.39, 0.29) is 5.76 Å². The number of carbonyl (C=O) groups excluding carboxylic acids is 1. The second kappa shape index (κ2) is 5.99. The summed E-state index contributed by atoms with van der Waals surface area (Å²) in [7, 11) is 3.46. The number of hydrazine groups is 1. The van der Waals surface area contributed by atoms with E-state index >= 15 is 0 Å². The first-order chi connectivity index (χ1) is 8.70. The summed E-state index contributed by atoms with van der Waals surface area (Å²) in [6, 6.07) is 1.79. The topological polar surface area (TPSA) is 58.0 Å². The molecule has 6 heteroatoms. The van der Waals surface area contributed by atoms with Crippen LogP contribution in [0.3, 0.4) is 0 Å². The molecule has 0 saturated carbocycles. The fourth-order valence-corrected chi connectivity index (χ4v) is 1.91. The number of rotatable bonds is 4. The van der Waals surface area contributed by atoms with E-state index in [1.165, 1.54) is 13.4 Å². The van der Waals surface area contributed by atoms with Gasteiger partial charge in [0.25, 0.3) is 0 Å². The number of ether oxygens (including phenoxy) is 1. The van der Waals surface area contributed by atoms with Gasteiger partial charge in [-0.1, -0.05) is 0 Å². The van der Waals surface area contributed by atoms with Gasteiger partial charge in [0.1, 0.15) is 0 Å². The first-order valence-corrected chi connectivity index (χ1v) is 6.02. The highest BCUT2D eigenvalue weighted by Gasteiger charge is 2.17. The molecule has 0 aliphatic carbocycles. The smallest absolute Gasteiger partial charge is 0.374 e. The van der Waals surface area contributed by atoms with Gasteiger partial charge in [-0.15, -0.1) is 0 Å². The minimum Gasteiger partial charge on any atom is -0.463 e. The van der Waals surface area contributed by atoms with Gasteiger partial charge in [-0.3, -0.25) is 5.43 Å². The van der Waals surface area contributed by atoms with Gasteiger partial charge in [-0.2, -0.15) is 0 Å². The van der Waals surface area contributed by atoms with E-state index in [1.807, 2.05) is 0 Å². The second-order valence-corrected chi connectivity index (χ2v) is 4.39. The Morgan fingerprint density at radius 2 is 2.17 bits per heavy atom. The molecule has 100 valence electrons. The Labute approximate surface area is 106 Å². The van der Waals surface area contributed by atoms with Crippen LogP contribution in [0.4, 0.5) is 0 Å². The summed E-state index contributed by atoms with van der Waals surface area (Å²) in [6.45, 7) is 4.61. The highest BCUT2D eigenvalue weighted by Crippen LogP contribution is 2.11. The average molecular weight is 253 g/mol. The lowest BCUT2D eigenvalue weighted by molar-refractivity contribution is 0.0560. The largest absolute Gasteiger partial charge is 0.463 e. The monoisotopic (exact) mass is 253 g/mol. The van der Waals surface area contributed by atoms with Crippen molar-refractivity contribution in [2.45, 2.75) is 6.54 Å². The third kappa shape index (κ3) is 3.10. The number of methoxy groups -OCH3 is 1. The Morgan fingerprint density at radius 1 is 1.44 bits per heavy atom. The Kier molecular flexibility index (Phi) is 4.35. The quantitative estimate of drug-likeness (QED) is 0.780. The molecule has 0 unspecified atom stereocenters. The summed E-state index contributed by atoms with van der Waals surface area (Å²) >= 11 is 0. The molecule has 18 heavy (non-hydrogen) atoms. The lowest BCUT2D eigenvalue weighted by atomic mass is 10.2. The normalized spacial score (nSPS) is 17.9. The predicted molar refractivity (Wildman–Crippen MR) is 66.0 cm³/mol. The third-order valence-corrected chi connectivity index (χ3v) is 3.11. The van der Waals surface area contributed by atoms with Crippen LogP contribution < -0.4 is 5.43 Å². The summed E-state index contributed by atoms with van der Waals surface area (Å²) < 4.78 is 9.79. The zero-order valence-corrected chi connectivity index (χ0v) is 10.8. The number of hydrogen-bond acceptors (Lipinski definition) is 6. The number of furan rings is 1. The number of hydrogen-bond donors (Lipinski definition) is 1. The summed E-state index contributed by atoms with van der Waals surface area (Å²) in [4.78, 5) is 13.7. The lowest BCUT2D eigenvalue weighted by Gasteiger charge is -2.32. The van der Waals surface area contributed by atoms with Crippen molar-refractivity contribution >= 4 is 5.97 Å². The molecule has 0 aromatic carbocycles. The summed E-state index contributed by atoms with van der Waals surface area (Å²) in [5, 5.41) is 2.16. The van der Waals surface area contributed by atoms with Crippen molar-refractivity contribution in [1.82, 2.24) is 15.3 Å². The molecule has 1 aliphatic heterocycles. The first-order valence-electron chi connectivity index (χ1n) is 6.02. The zero-order chi connectivity index (χ0) is 13.0. The van der Waals surface area contributed by atoms with E-state index in [0.717, 1.165) is 31.7 Å². The van der Waals surface area contributed by atoms with E-state index < -0.39 is 5.97 Å². The Morgan fingerprint density at radius 3 is 2.83 bits per heavy atom. The maximum absolute atomic E-state index is 11.4. The highest BCUT2D eigenvalue weighted by molar-refractivity contribution is 5.87. The van der Waals surface area contributed by atoms with Gasteiger partial charge in [0.05, 0.1) is 13.4 Å². The number of piperazine rings is 1. The van der Waals surface area contributed by atoms with Gasteiger partial charge < -0.3 is 14.1 Å². The highest BCUT2D eigenvalue weighted by atomic mass is 16.5. The van der Waals surface area contributed by atoms with Crippen molar-refractivity contribution in [1.29, 1.82) is 0 Å². The van der Waals surface area contributed by atoms with Crippen LogP contribution >= 0.6 is 0 Å². The van der Waals surface area contributed by atoms with Crippen molar-refractivity contribution < 1.29 is 13.9 Å². The number of nitrogens with one attached hydrogen (secondary N) is 1. The van der Waals surface area contributed by atoms with E-state index in [0.29, 0.717) is 6.54 Å². The standard InChI is InChI=1S/C12H19N3O3/c1-14-4-6-15(7-5-14)13-9-10-3-8-18-11(10)12(16)17-2/h3,8,13H,4-7,9H2,1-2H3. The van der Waals surface area contributed by atoms with Crippen LogP contribution in [0.15, 0.2) is 16.7 Å².